The largest absolute Gasteiger partial charge is 0.497 e. The van der Waals surface area contributed by atoms with Crippen molar-refractivity contribution in [3.8, 4) is 5.75 Å². The van der Waals surface area contributed by atoms with E-state index < -0.39 is 5.41 Å². The number of urea groups is 1. The standard InChI is InChI=1S/C22H26ClN3O3/c1-22(20(27)24-15-16-6-8-19(29-2)9-7-16)10-12-26(13-11-22)21(28)25-18-5-3-4-17(23)14-18/h3-9,14H,10-13,15H2,1-2H3,(H,24,27)(H,25,28). The Labute approximate surface area is 176 Å². The van der Waals surface area contributed by atoms with Gasteiger partial charge in [0.05, 0.1) is 7.11 Å². The van der Waals surface area contributed by atoms with E-state index in [2.05, 4.69) is 10.6 Å². The Balaban J connectivity index is 1.49. The first-order valence-electron chi connectivity index (χ1n) is 9.62. The maximum absolute atomic E-state index is 12.8. The number of piperidine rings is 1. The molecule has 0 spiro atoms. The van der Waals surface area contributed by atoms with Gasteiger partial charge in [-0.05, 0) is 48.7 Å². The van der Waals surface area contributed by atoms with Crippen molar-refractivity contribution in [2.45, 2.75) is 26.3 Å². The summed E-state index contributed by atoms with van der Waals surface area (Å²) in [5.41, 5.74) is 1.19. The molecule has 1 fully saturated rings. The number of hydrogen-bond acceptors (Lipinski definition) is 3. The predicted molar refractivity (Wildman–Crippen MR) is 114 cm³/mol. The van der Waals surface area contributed by atoms with E-state index >= 15 is 0 Å². The number of ether oxygens (including phenoxy) is 1. The second kappa shape index (κ2) is 9.18. The third-order valence-corrected chi connectivity index (χ3v) is 5.63. The number of anilines is 1. The Morgan fingerprint density at radius 2 is 1.83 bits per heavy atom. The van der Waals surface area contributed by atoms with Gasteiger partial charge in [-0.1, -0.05) is 36.7 Å². The van der Waals surface area contributed by atoms with Crippen LogP contribution in [0.4, 0.5) is 10.5 Å². The molecule has 1 saturated heterocycles. The molecule has 0 aliphatic carbocycles. The number of carbonyl (C=O) groups excluding carboxylic acids is 2. The van der Waals surface area contributed by atoms with Crippen LogP contribution in [0, 0.1) is 5.41 Å². The molecule has 2 aromatic carbocycles. The van der Waals surface area contributed by atoms with Crippen LogP contribution in [0.3, 0.4) is 0 Å². The number of benzene rings is 2. The fourth-order valence-corrected chi connectivity index (χ4v) is 3.53. The van der Waals surface area contributed by atoms with Crippen LogP contribution in [0.1, 0.15) is 25.3 Å². The molecule has 6 nitrogen and oxygen atoms in total. The van der Waals surface area contributed by atoms with Crippen molar-refractivity contribution < 1.29 is 14.3 Å². The highest BCUT2D eigenvalue weighted by Gasteiger charge is 2.37. The first kappa shape index (κ1) is 21.0. The maximum Gasteiger partial charge on any atom is 0.321 e. The number of hydrogen-bond donors (Lipinski definition) is 2. The Morgan fingerprint density at radius 1 is 1.14 bits per heavy atom. The molecule has 7 heteroatoms. The van der Waals surface area contributed by atoms with E-state index in [0.717, 1.165) is 11.3 Å². The highest BCUT2D eigenvalue weighted by Crippen LogP contribution is 2.31. The Kier molecular flexibility index (Phi) is 6.64. The minimum absolute atomic E-state index is 0.0169. The summed E-state index contributed by atoms with van der Waals surface area (Å²) in [7, 11) is 1.62. The van der Waals surface area contributed by atoms with E-state index in [1.807, 2.05) is 31.2 Å². The minimum Gasteiger partial charge on any atom is -0.497 e. The van der Waals surface area contributed by atoms with Crippen LogP contribution < -0.4 is 15.4 Å². The van der Waals surface area contributed by atoms with Crippen molar-refractivity contribution in [2.75, 3.05) is 25.5 Å². The Hall–Kier alpha value is -2.73. The molecule has 0 radical (unpaired) electrons. The first-order valence-corrected chi connectivity index (χ1v) is 10.0. The molecule has 2 aromatic rings. The molecule has 1 aliphatic rings. The third-order valence-electron chi connectivity index (χ3n) is 5.39. The van der Waals surface area contributed by atoms with Crippen LogP contribution in [-0.2, 0) is 11.3 Å². The Morgan fingerprint density at radius 3 is 2.45 bits per heavy atom. The molecule has 0 atom stereocenters. The van der Waals surface area contributed by atoms with Gasteiger partial charge < -0.3 is 20.3 Å². The lowest BCUT2D eigenvalue weighted by Crippen LogP contribution is -2.49. The van der Waals surface area contributed by atoms with Crippen molar-refractivity contribution in [2.24, 2.45) is 5.41 Å². The van der Waals surface area contributed by atoms with Crippen LogP contribution >= 0.6 is 11.6 Å². The fraction of sp³-hybridized carbons (Fsp3) is 0.364. The first-order chi connectivity index (χ1) is 13.9. The van der Waals surface area contributed by atoms with Crippen molar-refractivity contribution in [1.29, 1.82) is 0 Å². The number of halogens is 1. The van der Waals surface area contributed by atoms with Crippen molar-refractivity contribution >= 4 is 29.2 Å². The second-order valence-corrected chi connectivity index (χ2v) is 7.96. The van der Waals surface area contributed by atoms with Gasteiger partial charge in [0, 0.05) is 35.8 Å². The predicted octanol–water partition coefficient (Wildman–Crippen LogP) is 4.30. The molecule has 154 valence electrons. The number of carbonyl (C=O) groups is 2. The van der Waals surface area contributed by atoms with E-state index in [0.29, 0.717) is 43.2 Å². The van der Waals surface area contributed by atoms with E-state index in [1.165, 1.54) is 0 Å². The van der Waals surface area contributed by atoms with Gasteiger partial charge in [0.15, 0.2) is 0 Å². The van der Waals surface area contributed by atoms with E-state index in [1.54, 1.807) is 36.3 Å². The number of methoxy groups -OCH3 is 1. The average Bonchev–Trinajstić information content (AvgIpc) is 2.72. The van der Waals surface area contributed by atoms with E-state index in [9.17, 15) is 9.59 Å². The zero-order valence-corrected chi connectivity index (χ0v) is 17.5. The number of nitrogens with one attached hydrogen (secondary N) is 2. The van der Waals surface area contributed by atoms with Crippen molar-refractivity contribution in [3.05, 3.63) is 59.1 Å². The van der Waals surface area contributed by atoms with Crippen LogP contribution in [-0.4, -0.2) is 37.0 Å². The minimum atomic E-state index is -0.487. The van der Waals surface area contributed by atoms with E-state index in [4.69, 9.17) is 16.3 Å². The van der Waals surface area contributed by atoms with Crippen LogP contribution in [0.2, 0.25) is 5.02 Å². The van der Waals surface area contributed by atoms with Gasteiger partial charge in [-0.15, -0.1) is 0 Å². The molecule has 1 heterocycles. The lowest BCUT2D eigenvalue weighted by Gasteiger charge is -2.38. The molecule has 3 rings (SSSR count). The molecular weight excluding hydrogens is 390 g/mol. The summed E-state index contributed by atoms with van der Waals surface area (Å²) in [6, 6.07) is 14.5. The van der Waals surface area contributed by atoms with Gasteiger partial charge in [0.25, 0.3) is 0 Å². The summed E-state index contributed by atoms with van der Waals surface area (Å²) < 4.78 is 5.15. The summed E-state index contributed by atoms with van der Waals surface area (Å²) in [5, 5.41) is 6.45. The Bertz CT molecular complexity index is 862. The van der Waals surface area contributed by atoms with Crippen molar-refractivity contribution in [1.82, 2.24) is 10.2 Å². The van der Waals surface area contributed by atoms with Crippen molar-refractivity contribution in [3.63, 3.8) is 0 Å². The second-order valence-electron chi connectivity index (χ2n) is 7.52. The summed E-state index contributed by atoms with van der Waals surface area (Å²) in [6.07, 6.45) is 1.23. The molecule has 2 N–H and O–H groups in total. The van der Waals surface area contributed by atoms with Gasteiger partial charge >= 0.3 is 6.03 Å². The number of amides is 3. The molecular formula is C22H26ClN3O3. The SMILES string of the molecule is COc1ccc(CNC(=O)C2(C)CCN(C(=O)Nc3cccc(Cl)c3)CC2)cc1. The molecule has 29 heavy (non-hydrogen) atoms. The summed E-state index contributed by atoms with van der Waals surface area (Å²) in [4.78, 5) is 27.0. The monoisotopic (exact) mass is 415 g/mol. The molecule has 3 amide bonds. The lowest BCUT2D eigenvalue weighted by molar-refractivity contribution is -0.132. The van der Waals surface area contributed by atoms with Crippen LogP contribution in [0.15, 0.2) is 48.5 Å². The molecule has 0 saturated carbocycles. The topological polar surface area (TPSA) is 70.7 Å². The maximum atomic E-state index is 12.8. The summed E-state index contributed by atoms with van der Waals surface area (Å²) in [5.74, 6) is 0.804. The number of nitrogens with zero attached hydrogens (tertiary/aromatic N) is 1. The molecule has 0 aromatic heterocycles. The quantitative estimate of drug-likeness (QED) is 0.764. The highest BCUT2D eigenvalue weighted by molar-refractivity contribution is 6.30. The zero-order valence-electron chi connectivity index (χ0n) is 16.7. The average molecular weight is 416 g/mol. The molecule has 0 bridgehead atoms. The molecule has 0 unspecified atom stereocenters. The van der Waals surface area contributed by atoms with Crippen LogP contribution in [0.5, 0.6) is 5.75 Å². The normalized spacial score (nSPS) is 15.5. The number of likely N-dealkylation sites (tertiary alicyclic amines) is 1. The number of rotatable bonds is 5. The zero-order chi connectivity index (χ0) is 20.9. The molecule has 1 aliphatic heterocycles. The van der Waals surface area contributed by atoms with Gasteiger partial charge in [-0.3, -0.25) is 4.79 Å². The fourth-order valence-electron chi connectivity index (χ4n) is 3.34. The van der Waals surface area contributed by atoms with Gasteiger partial charge in [0.2, 0.25) is 5.91 Å². The van der Waals surface area contributed by atoms with Gasteiger partial charge in [-0.2, -0.15) is 0 Å². The highest BCUT2D eigenvalue weighted by atomic mass is 35.5. The smallest absolute Gasteiger partial charge is 0.321 e. The third kappa shape index (κ3) is 5.41. The van der Waals surface area contributed by atoms with E-state index in [-0.39, 0.29) is 11.9 Å². The summed E-state index contributed by atoms with van der Waals surface area (Å²) in [6.45, 7) is 3.48. The summed E-state index contributed by atoms with van der Waals surface area (Å²) >= 11 is 5.96. The lowest BCUT2D eigenvalue weighted by atomic mass is 9.79. The van der Waals surface area contributed by atoms with Gasteiger partial charge in [0.1, 0.15) is 5.75 Å². The van der Waals surface area contributed by atoms with Crippen LogP contribution in [0.25, 0.3) is 0 Å². The van der Waals surface area contributed by atoms with Gasteiger partial charge in [-0.25, -0.2) is 4.79 Å².